The van der Waals surface area contributed by atoms with Gasteiger partial charge in [0, 0.05) is 18.8 Å². The SMILES string of the molecule is CCC1CCN(S(=O)(=O)c2ccc(N)c(C)c2)CC1. The number of nitrogens with zero attached hydrogens (tertiary/aromatic N) is 1. The van der Waals surface area contributed by atoms with Gasteiger partial charge in [-0.15, -0.1) is 0 Å². The Morgan fingerprint density at radius 1 is 1.32 bits per heavy atom. The Kier molecular flexibility index (Phi) is 4.16. The van der Waals surface area contributed by atoms with Crippen molar-refractivity contribution in [3.05, 3.63) is 23.8 Å². The van der Waals surface area contributed by atoms with E-state index in [1.807, 2.05) is 6.92 Å². The Bertz CT molecular complexity index is 547. The maximum absolute atomic E-state index is 12.5. The lowest BCUT2D eigenvalue weighted by atomic mass is 9.96. The van der Waals surface area contributed by atoms with Gasteiger partial charge in [0.15, 0.2) is 0 Å². The molecule has 1 aliphatic rings. The molecular formula is C14H22N2O2S. The molecule has 1 fully saturated rings. The summed E-state index contributed by atoms with van der Waals surface area (Å²) in [6.45, 7) is 5.25. The number of nitrogen functional groups attached to an aromatic ring is 1. The van der Waals surface area contributed by atoms with Crippen LogP contribution in [0.3, 0.4) is 0 Å². The molecule has 4 nitrogen and oxygen atoms in total. The molecule has 2 rings (SSSR count). The number of rotatable bonds is 3. The molecule has 0 unspecified atom stereocenters. The molecule has 0 bridgehead atoms. The monoisotopic (exact) mass is 282 g/mol. The van der Waals surface area contributed by atoms with Crippen molar-refractivity contribution < 1.29 is 8.42 Å². The maximum atomic E-state index is 12.5. The Labute approximate surface area is 115 Å². The summed E-state index contributed by atoms with van der Waals surface area (Å²) in [5, 5.41) is 0. The van der Waals surface area contributed by atoms with Crippen molar-refractivity contribution in [1.82, 2.24) is 4.31 Å². The zero-order valence-corrected chi connectivity index (χ0v) is 12.4. The molecule has 5 heteroatoms. The summed E-state index contributed by atoms with van der Waals surface area (Å²) in [5.41, 5.74) is 7.18. The molecule has 2 N–H and O–H groups in total. The molecule has 0 aromatic heterocycles. The van der Waals surface area contributed by atoms with Gasteiger partial charge < -0.3 is 5.73 Å². The third kappa shape index (κ3) is 2.92. The molecule has 1 saturated heterocycles. The van der Waals surface area contributed by atoms with Crippen LogP contribution in [0.5, 0.6) is 0 Å². The summed E-state index contributed by atoms with van der Waals surface area (Å²) in [5.74, 6) is 0.666. The van der Waals surface area contributed by atoms with Crippen molar-refractivity contribution in [3.63, 3.8) is 0 Å². The molecule has 1 aliphatic heterocycles. The van der Waals surface area contributed by atoms with Gasteiger partial charge in [0.25, 0.3) is 0 Å². The first-order valence-electron chi connectivity index (χ1n) is 6.81. The van der Waals surface area contributed by atoms with Gasteiger partial charge in [-0.1, -0.05) is 13.3 Å². The third-order valence-electron chi connectivity index (χ3n) is 4.03. The molecule has 1 aromatic rings. The normalized spacial score (nSPS) is 18.6. The fourth-order valence-corrected chi connectivity index (χ4v) is 4.07. The number of sulfonamides is 1. The minimum Gasteiger partial charge on any atom is -0.399 e. The first-order valence-corrected chi connectivity index (χ1v) is 8.25. The Morgan fingerprint density at radius 3 is 2.47 bits per heavy atom. The average molecular weight is 282 g/mol. The first kappa shape index (κ1) is 14.3. The predicted octanol–water partition coefficient (Wildman–Crippen LogP) is 2.39. The van der Waals surface area contributed by atoms with E-state index in [4.69, 9.17) is 5.73 Å². The number of anilines is 1. The lowest BCUT2D eigenvalue weighted by molar-refractivity contribution is 0.269. The standard InChI is InChI=1S/C14H22N2O2S/c1-3-12-6-8-16(9-7-12)19(17,18)13-4-5-14(15)11(2)10-13/h4-5,10,12H,3,6-9,15H2,1-2H3. The largest absolute Gasteiger partial charge is 0.399 e. The van der Waals surface area contributed by atoms with Crippen molar-refractivity contribution >= 4 is 15.7 Å². The summed E-state index contributed by atoms with van der Waals surface area (Å²) in [4.78, 5) is 0.356. The van der Waals surface area contributed by atoms with Crippen LogP contribution in [0.25, 0.3) is 0 Å². The van der Waals surface area contributed by atoms with Crippen LogP contribution in [0, 0.1) is 12.8 Å². The van der Waals surface area contributed by atoms with E-state index in [2.05, 4.69) is 6.92 Å². The van der Waals surface area contributed by atoms with E-state index in [0.29, 0.717) is 29.6 Å². The first-order chi connectivity index (χ1) is 8.95. The second-order valence-corrected chi connectivity index (χ2v) is 7.21. The number of piperidine rings is 1. The van der Waals surface area contributed by atoms with Crippen LogP contribution >= 0.6 is 0 Å². The highest BCUT2D eigenvalue weighted by atomic mass is 32.2. The summed E-state index contributed by atoms with van der Waals surface area (Å²) in [6.07, 6.45) is 3.06. The van der Waals surface area contributed by atoms with E-state index in [9.17, 15) is 8.42 Å². The lowest BCUT2D eigenvalue weighted by Gasteiger charge is -2.30. The van der Waals surface area contributed by atoms with Gasteiger partial charge in [0.05, 0.1) is 4.90 Å². The van der Waals surface area contributed by atoms with Crippen molar-refractivity contribution in [2.45, 2.75) is 38.0 Å². The van der Waals surface area contributed by atoms with Crippen LogP contribution in [-0.4, -0.2) is 25.8 Å². The molecule has 0 spiro atoms. The summed E-state index contributed by atoms with van der Waals surface area (Å²) < 4.78 is 26.7. The average Bonchev–Trinajstić information content (AvgIpc) is 2.41. The van der Waals surface area contributed by atoms with Crippen LogP contribution in [0.2, 0.25) is 0 Å². The van der Waals surface area contributed by atoms with Crippen molar-refractivity contribution in [1.29, 1.82) is 0 Å². The van der Waals surface area contributed by atoms with E-state index in [1.54, 1.807) is 22.5 Å². The van der Waals surface area contributed by atoms with Crippen molar-refractivity contribution in [2.75, 3.05) is 18.8 Å². The molecule has 0 aliphatic carbocycles. The smallest absolute Gasteiger partial charge is 0.243 e. The fraction of sp³-hybridized carbons (Fsp3) is 0.571. The zero-order valence-electron chi connectivity index (χ0n) is 11.6. The second-order valence-electron chi connectivity index (χ2n) is 5.27. The number of nitrogens with two attached hydrogens (primary N) is 1. The van der Waals surface area contributed by atoms with Gasteiger partial charge >= 0.3 is 0 Å². The highest BCUT2D eigenvalue weighted by Gasteiger charge is 2.28. The van der Waals surface area contributed by atoms with Gasteiger partial charge in [-0.3, -0.25) is 0 Å². The number of aryl methyl sites for hydroxylation is 1. The molecule has 19 heavy (non-hydrogen) atoms. The number of hydrogen-bond donors (Lipinski definition) is 1. The Hall–Kier alpha value is -1.07. The molecule has 1 heterocycles. The van der Waals surface area contributed by atoms with E-state index >= 15 is 0 Å². The van der Waals surface area contributed by atoms with Crippen LogP contribution in [0.15, 0.2) is 23.1 Å². The van der Waals surface area contributed by atoms with Gasteiger partial charge in [-0.2, -0.15) is 4.31 Å². The Balaban J connectivity index is 2.21. The predicted molar refractivity (Wildman–Crippen MR) is 77.4 cm³/mol. The molecule has 0 amide bonds. The third-order valence-corrected chi connectivity index (χ3v) is 5.92. The summed E-state index contributed by atoms with van der Waals surface area (Å²) in [6, 6.07) is 4.93. The second kappa shape index (κ2) is 5.51. The minimum absolute atomic E-state index is 0.356. The molecule has 1 aromatic carbocycles. The van der Waals surface area contributed by atoms with Crippen LogP contribution < -0.4 is 5.73 Å². The fourth-order valence-electron chi connectivity index (χ4n) is 2.52. The quantitative estimate of drug-likeness (QED) is 0.866. The van der Waals surface area contributed by atoms with E-state index < -0.39 is 10.0 Å². The molecule has 0 atom stereocenters. The molecular weight excluding hydrogens is 260 g/mol. The van der Waals surface area contributed by atoms with Crippen molar-refractivity contribution in [3.8, 4) is 0 Å². The number of hydrogen-bond acceptors (Lipinski definition) is 3. The maximum Gasteiger partial charge on any atom is 0.243 e. The molecule has 106 valence electrons. The van der Waals surface area contributed by atoms with E-state index in [1.165, 1.54) is 0 Å². The van der Waals surface area contributed by atoms with Crippen LogP contribution in [-0.2, 0) is 10.0 Å². The van der Waals surface area contributed by atoms with Crippen LogP contribution in [0.4, 0.5) is 5.69 Å². The van der Waals surface area contributed by atoms with Gasteiger partial charge in [0.2, 0.25) is 10.0 Å². The van der Waals surface area contributed by atoms with E-state index in [-0.39, 0.29) is 0 Å². The Morgan fingerprint density at radius 2 is 1.95 bits per heavy atom. The van der Waals surface area contributed by atoms with Crippen LogP contribution in [0.1, 0.15) is 31.7 Å². The van der Waals surface area contributed by atoms with Gasteiger partial charge in [-0.05, 0) is 49.4 Å². The summed E-state index contributed by atoms with van der Waals surface area (Å²) in [7, 11) is -3.36. The lowest BCUT2D eigenvalue weighted by Crippen LogP contribution is -2.38. The van der Waals surface area contributed by atoms with E-state index in [0.717, 1.165) is 24.8 Å². The van der Waals surface area contributed by atoms with Crippen molar-refractivity contribution in [2.24, 2.45) is 5.92 Å². The summed E-state index contributed by atoms with van der Waals surface area (Å²) >= 11 is 0. The zero-order chi connectivity index (χ0) is 14.0. The molecule has 0 radical (unpaired) electrons. The van der Waals surface area contributed by atoms with Gasteiger partial charge in [0.1, 0.15) is 0 Å². The number of benzene rings is 1. The topological polar surface area (TPSA) is 63.4 Å². The van der Waals surface area contributed by atoms with Gasteiger partial charge in [-0.25, -0.2) is 8.42 Å². The highest BCUT2D eigenvalue weighted by molar-refractivity contribution is 7.89. The minimum atomic E-state index is -3.36. The molecule has 0 saturated carbocycles. The highest BCUT2D eigenvalue weighted by Crippen LogP contribution is 2.26.